The zero-order valence-electron chi connectivity index (χ0n) is 17.3. The lowest BCUT2D eigenvalue weighted by Crippen LogP contribution is -2.31. The fourth-order valence-electron chi connectivity index (χ4n) is 3.66. The smallest absolute Gasteiger partial charge is 0.296 e. The Morgan fingerprint density at radius 3 is 2.61 bits per heavy atom. The molecule has 1 aliphatic rings. The predicted molar refractivity (Wildman–Crippen MR) is 117 cm³/mol. The molecule has 0 saturated heterocycles. The van der Waals surface area contributed by atoms with Crippen molar-refractivity contribution in [3.63, 3.8) is 0 Å². The second-order valence-corrected chi connectivity index (χ2v) is 8.75. The number of amides is 1. The van der Waals surface area contributed by atoms with Crippen LogP contribution in [0.2, 0.25) is 0 Å². The molecule has 1 aromatic heterocycles. The molecule has 0 radical (unpaired) electrons. The average Bonchev–Trinajstić information content (AvgIpc) is 3.25. The number of methoxy groups -OCH3 is 1. The van der Waals surface area contributed by atoms with E-state index >= 15 is 0 Å². The highest BCUT2D eigenvalue weighted by atomic mass is 32.1. The van der Waals surface area contributed by atoms with Crippen LogP contribution in [0, 0.1) is 11.7 Å². The van der Waals surface area contributed by atoms with Crippen LogP contribution in [0.25, 0.3) is 10.2 Å². The number of carbonyl (C=O) groups is 2. The Morgan fingerprint density at radius 1 is 1.26 bits per heavy atom. The number of nitrogens with zero attached hydrogens (tertiary/aromatic N) is 2. The number of carbonyl (C=O) groups excluding carboxylic acids is 2. The summed E-state index contributed by atoms with van der Waals surface area (Å²) >= 11 is 1.13. The number of thiazole rings is 1. The van der Waals surface area contributed by atoms with Gasteiger partial charge in [0, 0.05) is 6.42 Å². The van der Waals surface area contributed by atoms with Gasteiger partial charge < -0.3 is 9.84 Å². The first kappa shape index (κ1) is 21.0. The Kier molecular flexibility index (Phi) is 5.49. The van der Waals surface area contributed by atoms with E-state index in [1.165, 1.54) is 23.1 Å². The molecule has 0 aliphatic carbocycles. The van der Waals surface area contributed by atoms with Crippen molar-refractivity contribution in [1.82, 2.24) is 4.98 Å². The van der Waals surface area contributed by atoms with Crippen molar-refractivity contribution < 1.29 is 23.8 Å². The molecule has 1 aliphatic heterocycles. The van der Waals surface area contributed by atoms with Gasteiger partial charge in [0.05, 0.1) is 28.9 Å². The first-order valence-electron chi connectivity index (χ1n) is 9.80. The molecule has 1 amide bonds. The van der Waals surface area contributed by atoms with E-state index in [-0.39, 0.29) is 28.8 Å². The second-order valence-electron chi connectivity index (χ2n) is 7.74. The van der Waals surface area contributed by atoms with Gasteiger partial charge in [0.25, 0.3) is 5.91 Å². The van der Waals surface area contributed by atoms with Crippen LogP contribution in [0.4, 0.5) is 9.52 Å². The number of hydrogen-bond donors (Lipinski definition) is 1. The molecule has 1 atom stereocenters. The summed E-state index contributed by atoms with van der Waals surface area (Å²) in [5.41, 5.74) is 1.22. The van der Waals surface area contributed by atoms with E-state index in [9.17, 15) is 19.1 Å². The first-order chi connectivity index (χ1) is 14.8. The number of hydrogen-bond acceptors (Lipinski definition) is 6. The number of aromatic nitrogens is 1. The SMILES string of the molecule is COc1ccc(C2C(C(=O)CC(C)C)=C(O)C(=O)N2c2nc3ccc(F)cc3s2)cc1. The number of benzene rings is 2. The maximum absolute atomic E-state index is 13.7. The zero-order valence-corrected chi connectivity index (χ0v) is 18.1. The van der Waals surface area contributed by atoms with E-state index < -0.39 is 23.5 Å². The van der Waals surface area contributed by atoms with Gasteiger partial charge in [-0.2, -0.15) is 0 Å². The first-order valence-corrected chi connectivity index (χ1v) is 10.6. The van der Waals surface area contributed by atoms with Crippen molar-refractivity contribution in [3.05, 3.63) is 65.2 Å². The Hall–Kier alpha value is -3.26. The van der Waals surface area contributed by atoms with Crippen molar-refractivity contribution >= 4 is 38.4 Å². The standard InChI is InChI=1S/C23H21FN2O4S/c1-12(2)10-17(27)19-20(13-4-7-15(30-3)8-5-13)26(22(29)21(19)28)23-25-16-9-6-14(24)11-18(16)31-23/h4-9,11-12,20,28H,10H2,1-3H3. The number of rotatable bonds is 6. The largest absolute Gasteiger partial charge is 0.503 e. The summed E-state index contributed by atoms with van der Waals surface area (Å²) in [6.45, 7) is 3.79. The third-order valence-electron chi connectivity index (χ3n) is 5.08. The number of ether oxygens (including phenoxy) is 1. The quantitative estimate of drug-likeness (QED) is 0.586. The predicted octanol–water partition coefficient (Wildman–Crippen LogP) is 4.96. The third-order valence-corrected chi connectivity index (χ3v) is 6.10. The number of aliphatic hydroxyl groups excluding tert-OH is 1. The van der Waals surface area contributed by atoms with Gasteiger partial charge in [-0.05, 0) is 41.8 Å². The summed E-state index contributed by atoms with van der Waals surface area (Å²) < 4.78 is 19.4. The lowest BCUT2D eigenvalue weighted by molar-refractivity contribution is -0.118. The van der Waals surface area contributed by atoms with Crippen LogP contribution in [0.5, 0.6) is 5.75 Å². The molecular weight excluding hydrogens is 419 g/mol. The van der Waals surface area contributed by atoms with Crippen LogP contribution >= 0.6 is 11.3 Å². The van der Waals surface area contributed by atoms with Gasteiger partial charge in [-0.15, -0.1) is 0 Å². The number of halogens is 1. The molecule has 1 N–H and O–H groups in total. The minimum absolute atomic E-state index is 0.0503. The summed E-state index contributed by atoms with van der Waals surface area (Å²) in [5.74, 6) is -1.30. The number of anilines is 1. The minimum atomic E-state index is -0.838. The fraction of sp³-hybridized carbons (Fsp3) is 0.261. The summed E-state index contributed by atoms with van der Waals surface area (Å²) in [6.07, 6.45) is 0.193. The normalized spacial score (nSPS) is 16.6. The molecule has 0 saturated carbocycles. The van der Waals surface area contributed by atoms with Crippen LogP contribution in [0.1, 0.15) is 31.9 Å². The highest BCUT2D eigenvalue weighted by molar-refractivity contribution is 7.22. The molecule has 6 nitrogen and oxygen atoms in total. The molecule has 0 bridgehead atoms. The lowest BCUT2D eigenvalue weighted by Gasteiger charge is -2.24. The summed E-state index contributed by atoms with van der Waals surface area (Å²) in [6, 6.07) is 10.3. The van der Waals surface area contributed by atoms with E-state index in [2.05, 4.69) is 4.98 Å². The van der Waals surface area contributed by atoms with Gasteiger partial charge in [0.2, 0.25) is 0 Å². The van der Waals surface area contributed by atoms with Crippen molar-refractivity contribution in [3.8, 4) is 5.75 Å². The molecule has 0 fully saturated rings. The van der Waals surface area contributed by atoms with Crippen molar-refractivity contribution in [2.45, 2.75) is 26.3 Å². The van der Waals surface area contributed by atoms with Crippen LogP contribution < -0.4 is 9.64 Å². The molecule has 2 aromatic carbocycles. The third kappa shape index (κ3) is 3.79. The maximum atomic E-state index is 13.7. The Labute approximate surface area is 182 Å². The van der Waals surface area contributed by atoms with Crippen LogP contribution in [-0.4, -0.2) is 28.9 Å². The van der Waals surface area contributed by atoms with Crippen molar-refractivity contribution in [2.75, 3.05) is 12.0 Å². The molecule has 0 spiro atoms. The van der Waals surface area contributed by atoms with E-state index in [1.54, 1.807) is 31.4 Å². The molecule has 4 rings (SSSR count). The zero-order chi connectivity index (χ0) is 22.3. The van der Waals surface area contributed by atoms with Gasteiger partial charge in [-0.25, -0.2) is 9.37 Å². The summed E-state index contributed by atoms with van der Waals surface area (Å²) in [4.78, 5) is 31.9. The highest BCUT2D eigenvalue weighted by Crippen LogP contribution is 2.44. The Balaban J connectivity index is 1.85. The topological polar surface area (TPSA) is 79.7 Å². The fourth-order valence-corrected chi connectivity index (χ4v) is 4.68. The van der Waals surface area contributed by atoms with Crippen LogP contribution in [0.3, 0.4) is 0 Å². The molecule has 3 aromatic rings. The lowest BCUT2D eigenvalue weighted by atomic mass is 9.92. The molecule has 31 heavy (non-hydrogen) atoms. The van der Waals surface area contributed by atoms with E-state index in [4.69, 9.17) is 4.74 Å². The minimum Gasteiger partial charge on any atom is -0.503 e. The number of aliphatic hydroxyl groups is 1. The molecule has 1 unspecified atom stereocenters. The van der Waals surface area contributed by atoms with Crippen LogP contribution in [0.15, 0.2) is 53.8 Å². The summed E-state index contributed by atoms with van der Waals surface area (Å²) in [5, 5.41) is 11.0. The van der Waals surface area contributed by atoms with Crippen molar-refractivity contribution in [1.29, 1.82) is 0 Å². The van der Waals surface area contributed by atoms with E-state index in [1.807, 2.05) is 13.8 Å². The molecular formula is C23H21FN2O4S. The number of Topliss-reactive ketones (excluding diaryl/α,β-unsaturated/α-hetero) is 1. The molecule has 2 heterocycles. The number of ketones is 1. The van der Waals surface area contributed by atoms with Gasteiger partial charge in [-0.3, -0.25) is 14.5 Å². The monoisotopic (exact) mass is 440 g/mol. The maximum Gasteiger partial charge on any atom is 0.296 e. The number of fused-ring (bicyclic) bond motifs is 1. The van der Waals surface area contributed by atoms with E-state index in [0.29, 0.717) is 21.5 Å². The second kappa shape index (κ2) is 8.11. The summed E-state index contributed by atoms with van der Waals surface area (Å²) in [7, 11) is 1.55. The highest BCUT2D eigenvalue weighted by Gasteiger charge is 2.45. The van der Waals surface area contributed by atoms with E-state index in [0.717, 1.165) is 11.3 Å². The van der Waals surface area contributed by atoms with Gasteiger partial charge >= 0.3 is 0 Å². The van der Waals surface area contributed by atoms with Gasteiger partial charge in [0.1, 0.15) is 11.6 Å². The Morgan fingerprint density at radius 2 is 1.97 bits per heavy atom. The van der Waals surface area contributed by atoms with Crippen molar-refractivity contribution in [2.24, 2.45) is 5.92 Å². The van der Waals surface area contributed by atoms with Crippen LogP contribution in [-0.2, 0) is 9.59 Å². The van der Waals surface area contributed by atoms with Gasteiger partial charge in [-0.1, -0.05) is 37.3 Å². The average molecular weight is 440 g/mol. The molecule has 160 valence electrons. The Bertz CT molecular complexity index is 1200. The molecule has 8 heteroatoms. The van der Waals surface area contributed by atoms with Gasteiger partial charge in [0.15, 0.2) is 16.7 Å².